The van der Waals surface area contributed by atoms with E-state index in [9.17, 15) is 22.8 Å². The third-order valence-corrected chi connectivity index (χ3v) is 4.78. The van der Waals surface area contributed by atoms with E-state index in [1.807, 2.05) is 24.3 Å². The quantitative estimate of drug-likeness (QED) is 0.382. The molecular formula is C22H14ClF3N2O5. The molecule has 0 saturated carbocycles. The monoisotopic (exact) mass is 478 g/mol. The van der Waals surface area contributed by atoms with Gasteiger partial charge >= 0.3 is 12.1 Å². The summed E-state index contributed by atoms with van der Waals surface area (Å²) in [6.45, 7) is -1.17. The van der Waals surface area contributed by atoms with Gasteiger partial charge in [-0.25, -0.2) is 9.78 Å². The Morgan fingerprint density at radius 3 is 2.55 bits per heavy atom. The number of esters is 1. The fourth-order valence-electron chi connectivity index (χ4n) is 2.98. The minimum atomic E-state index is -4.62. The van der Waals surface area contributed by atoms with Crippen molar-refractivity contribution in [1.82, 2.24) is 4.98 Å². The molecule has 4 rings (SSSR count). The molecule has 0 saturated heterocycles. The second-order valence-electron chi connectivity index (χ2n) is 6.81. The number of benzene rings is 2. The highest BCUT2D eigenvalue weighted by Gasteiger charge is 2.31. The van der Waals surface area contributed by atoms with Crippen molar-refractivity contribution in [2.45, 2.75) is 6.18 Å². The Labute approximate surface area is 189 Å². The first-order chi connectivity index (χ1) is 15.7. The summed E-state index contributed by atoms with van der Waals surface area (Å²) < 4.78 is 53.9. The molecule has 33 heavy (non-hydrogen) atoms. The van der Waals surface area contributed by atoms with Crippen LogP contribution >= 0.6 is 11.6 Å². The van der Waals surface area contributed by atoms with Gasteiger partial charge in [0.25, 0.3) is 5.91 Å². The summed E-state index contributed by atoms with van der Waals surface area (Å²) in [6.07, 6.45) is -4.09. The molecular weight excluding hydrogens is 465 g/mol. The lowest BCUT2D eigenvalue weighted by Crippen LogP contribution is -2.24. The fraction of sp³-hybridized carbons (Fsp3) is 0.136. The maximum Gasteiger partial charge on any atom is 0.417 e. The average Bonchev–Trinajstić information content (AvgIpc) is 3.15. The molecule has 1 amide bonds. The predicted molar refractivity (Wildman–Crippen MR) is 113 cm³/mol. The third kappa shape index (κ3) is 5.17. The number of alkyl halides is 3. The van der Waals surface area contributed by atoms with Crippen molar-refractivity contribution in [3.63, 3.8) is 0 Å². The van der Waals surface area contributed by atoms with Gasteiger partial charge in [-0.3, -0.25) is 4.79 Å². The van der Waals surface area contributed by atoms with Crippen molar-refractivity contribution in [1.29, 1.82) is 0 Å². The van der Waals surface area contributed by atoms with E-state index >= 15 is 0 Å². The zero-order chi connectivity index (χ0) is 23.6. The molecule has 0 spiro atoms. The van der Waals surface area contributed by atoms with E-state index in [-0.39, 0.29) is 5.82 Å². The zero-order valence-electron chi connectivity index (χ0n) is 16.6. The Kier molecular flexibility index (Phi) is 6.10. The molecule has 0 fully saturated rings. The number of carbonyl (C=O) groups is 2. The number of halogens is 4. The first kappa shape index (κ1) is 22.4. The van der Waals surface area contributed by atoms with Gasteiger partial charge in [0.05, 0.1) is 10.6 Å². The minimum Gasteiger partial charge on any atom is -0.482 e. The topological polar surface area (TPSA) is 90.7 Å². The van der Waals surface area contributed by atoms with Crippen LogP contribution in [0.25, 0.3) is 21.9 Å². The molecule has 2 heterocycles. The molecule has 4 aromatic rings. The summed E-state index contributed by atoms with van der Waals surface area (Å²) in [7, 11) is 0. The fourth-order valence-corrected chi connectivity index (χ4v) is 3.19. The molecule has 2 aromatic carbocycles. The molecule has 7 nitrogen and oxygen atoms in total. The summed E-state index contributed by atoms with van der Waals surface area (Å²) in [5.41, 5.74) is 0.326. The largest absolute Gasteiger partial charge is 0.482 e. The number of aromatic nitrogens is 1. The lowest BCUT2D eigenvalue weighted by Gasteiger charge is -2.10. The Balaban J connectivity index is 1.30. The van der Waals surface area contributed by atoms with Gasteiger partial charge in [-0.15, -0.1) is 0 Å². The third-order valence-electron chi connectivity index (χ3n) is 4.50. The van der Waals surface area contributed by atoms with Gasteiger partial charge in [0.2, 0.25) is 0 Å². The van der Waals surface area contributed by atoms with E-state index < -0.39 is 41.9 Å². The number of furan rings is 1. The summed E-state index contributed by atoms with van der Waals surface area (Å²) in [5.74, 6) is -1.55. The summed E-state index contributed by atoms with van der Waals surface area (Å²) in [6, 6.07) is 13.2. The van der Waals surface area contributed by atoms with Gasteiger partial charge < -0.3 is 19.2 Å². The van der Waals surface area contributed by atoms with Gasteiger partial charge in [-0.2, -0.15) is 13.2 Å². The number of fused-ring (bicyclic) bond motifs is 3. The SMILES string of the molecule is O=C(COC(=O)COc1ccc2oc3ccccc3c2c1)Nc1ncc(C(F)(F)F)cc1Cl. The van der Waals surface area contributed by atoms with Gasteiger partial charge in [-0.1, -0.05) is 29.8 Å². The highest BCUT2D eigenvalue weighted by atomic mass is 35.5. The number of hydrogen-bond donors (Lipinski definition) is 1. The van der Waals surface area contributed by atoms with Crippen LogP contribution in [0, 0.1) is 0 Å². The van der Waals surface area contributed by atoms with Crippen LogP contribution in [0.5, 0.6) is 5.75 Å². The van der Waals surface area contributed by atoms with Crippen molar-refractivity contribution in [3.8, 4) is 5.75 Å². The van der Waals surface area contributed by atoms with Gasteiger partial charge in [0.1, 0.15) is 16.9 Å². The van der Waals surface area contributed by atoms with E-state index in [0.29, 0.717) is 23.6 Å². The molecule has 0 aliphatic rings. The number of para-hydroxylation sites is 1. The maximum absolute atomic E-state index is 12.6. The number of hydrogen-bond acceptors (Lipinski definition) is 6. The van der Waals surface area contributed by atoms with Gasteiger partial charge in [0, 0.05) is 17.0 Å². The molecule has 170 valence electrons. The van der Waals surface area contributed by atoms with Crippen LogP contribution in [0.2, 0.25) is 5.02 Å². The molecule has 2 aromatic heterocycles. The molecule has 0 atom stereocenters. The van der Waals surface area contributed by atoms with E-state index in [2.05, 4.69) is 10.3 Å². The Bertz CT molecular complexity index is 1350. The maximum atomic E-state index is 12.6. The van der Waals surface area contributed by atoms with Crippen molar-refractivity contribution in [3.05, 3.63) is 65.3 Å². The van der Waals surface area contributed by atoms with E-state index in [1.165, 1.54) is 0 Å². The Morgan fingerprint density at radius 2 is 1.79 bits per heavy atom. The Hall–Kier alpha value is -3.79. The van der Waals surface area contributed by atoms with Crippen molar-refractivity contribution in [2.24, 2.45) is 0 Å². The van der Waals surface area contributed by atoms with Crippen molar-refractivity contribution in [2.75, 3.05) is 18.5 Å². The van der Waals surface area contributed by atoms with Crippen molar-refractivity contribution >= 4 is 51.2 Å². The Morgan fingerprint density at radius 1 is 1.03 bits per heavy atom. The smallest absolute Gasteiger partial charge is 0.417 e. The van der Waals surface area contributed by atoms with Crippen LogP contribution in [0.3, 0.4) is 0 Å². The van der Waals surface area contributed by atoms with E-state index in [4.69, 9.17) is 25.5 Å². The molecule has 0 unspecified atom stereocenters. The van der Waals surface area contributed by atoms with Crippen LogP contribution in [0.1, 0.15) is 5.56 Å². The predicted octanol–water partition coefficient (Wildman–Crippen LogP) is 5.21. The summed E-state index contributed by atoms with van der Waals surface area (Å²) in [4.78, 5) is 27.3. The molecule has 1 N–H and O–H groups in total. The number of rotatable bonds is 6. The first-order valence-electron chi connectivity index (χ1n) is 9.43. The lowest BCUT2D eigenvalue weighted by molar-refractivity contribution is -0.149. The van der Waals surface area contributed by atoms with E-state index in [0.717, 1.165) is 16.4 Å². The van der Waals surface area contributed by atoms with Crippen LogP contribution < -0.4 is 10.1 Å². The number of carbonyl (C=O) groups excluding carboxylic acids is 2. The zero-order valence-corrected chi connectivity index (χ0v) is 17.4. The van der Waals surface area contributed by atoms with Crippen LogP contribution in [-0.2, 0) is 20.5 Å². The van der Waals surface area contributed by atoms with E-state index in [1.54, 1.807) is 18.2 Å². The number of ether oxygens (including phenoxy) is 2. The molecule has 11 heteroatoms. The molecule has 0 aliphatic carbocycles. The number of pyridine rings is 1. The molecule has 0 radical (unpaired) electrons. The summed E-state index contributed by atoms with van der Waals surface area (Å²) >= 11 is 5.72. The van der Waals surface area contributed by atoms with Crippen molar-refractivity contribution < 1.29 is 36.7 Å². The van der Waals surface area contributed by atoms with Crippen LogP contribution in [-0.4, -0.2) is 30.1 Å². The number of nitrogens with one attached hydrogen (secondary N) is 1. The van der Waals surface area contributed by atoms with Gasteiger partial charge in [-0.05, 0) is 30.3 Å². The number of anilines is 1. The lowest BCUT2D eigenvalue weighted by atomic mass is 10.1. The normalized spacial score (nSPS) is 11.5. The second kappa shape index (κ2) is 8.99. The minimum absolute atomic E-state index is 0.289. The number of nitrogens with zero attached hydrogens (tertiary/aromatic N) is 1. The standard InChI is InChI=1S/C22H14ClF3N2O5/c23-16-7-12(22(24,25)26)9-27-21(16)28-19(29)10-32-20(30)11-31-13-5-6-18-15(8-13)14-3-1-2-4-17(14)33-18/h1-9H,10-11H2,(H,27,28,29). The van der Waals surface area contributed by atoms with Gasteiger partial charge in [0.15, 0.2) is 19.0 Å². The highest BCUT2D eigenvalue weighted by molar-refractivity contribution is 6.33. The first-order valence-corrected chi connectivity index (χ1v) is 9.81. The summed E-state index contributed by atoms with van der Waals surface area (Å²) in [5, 5.41) is 3.48. The van der Waals surface area contributed by atoms with Crippen LogP contribution in [0.15, 0.2) is 59.1 Å². The second-order valence-corrected chi connectivity index (χ2v) is 7.21. The van der Waals surface area contributed by atoms with Crippen LogP contribution in [0.4, 0.5) is 19.0 Å². The average molecular weight is 479 g/mol. The highest BCUT2D eigenvalue weighted by Crippen LogP contribution is 2.33. The molecule has 0 aliphatic heterocycles. The number of amides is 1. The molecule has 0 bridgehead atoms.